The first-order valence-electron chi connectivity index (χ1n) is 5.38. The van der Waals surface area contributed by atoms with Crippen LogP contribution in [-0.2, 0) is 16.4 Å². The normalized spacial score (nSPS) is 12.1. The van der Waals surface area contributed by atoms with E-state index in [9.17, 15) is 8.42 Å². The fraction of sp³-hybridized carbons (Fsp3) is 0.333. The van der Waals surface area contributed by atoms with E-state index >= 15 is 0 Å². The van der Waals surface area contributed by atoms with Crippen LogP contribution in [0.15, 0.2) is 30.5 Å². The second-order valence-corrected chi connectivity index (χ2v) is 6.83. The van der Waals surface area contributed by atoms with Crippen LogP contribution in [0.3, 0.4) is 0 Å². The number of hydrogen-bond donors (Lipinski definition) is 0. The van der Waals surface area contributed by atoms with E-state index in [1.165, 1.54) is 6.26 Å². The molecule has 3 nitrogen and oxygen atoms in total. The maximum Gasteiger partial charge on any atom is 0.147 e. The van der Waals surface area contributed by atoms with E-state index in [0.717, 1.165) is 15.9 Å². The highest BCUT2D eigenvalue weighted by molar-refractivity contribution is 7.90. The zero-order valence-electron chi connectivity index (χ0n) is 9.56. The summed E-state index contributed by atoms with van der Waals surface area (Å²) in [5, 5.41) is 1.73. The van der Waals surface area contributed by atoms with Crippen molar-refractivity contribution >= 4 is 32.3 Å². The van der Waals surface area contributed by atoms with Crippen molar-refractivity contribution in [3.63, 3.8) is 0 Å². The first-order valence-corrected chi connectivity index (χ1v) is 7.82. The van der Waals surface area contributed by atoms with Gasteiger partial charge >= 0.3 is 0 Å². The molecule has 2 aromatic rings. The molecular formula is C12H14ClNO2S. The van der Waals surface area contributed by atoms with Gasteiger partial charge in [-0.2, -0.15) is 0 Å². The first kappa shape index (κ1) is 12.5. The molecule has 0 amide bonds. The molecule has 0 saturated heterocycles. The summed E-state index contributed by atoms with van der Waals surface area (Å²) in [7, 11) is -2.88. The van der Waals surface area contributed by atoms with Crippen LogP contribution < -0.4 is 0 Å². The van der Waals surface area contributed by atoms with E-state index in [2.05, 4.69) is 0 Å². The number of benzene rings is 1. The quantitative estimate of drug-likeness (QED) is 0.858. The van der Waals surface area contributed by atoms with Crippen molar-refractivity contribution in [1.29, 1.82) is 0 Å². The van der Waals surface area contributed by atoms with Gasteiger partial charge in [0.05, 0.1) is 5.75 Å². The van der Waals surface area contributed by atoms with Crippen molar-refractivity contribution in [3.05, 3.63) is 35.5 Å². The zero-order valence-corrected chi connectivity index (χ0v) is 11.1. The number of aryl methyl sites for hydroxylation is 1. The summed E-state index contributed by atoms with van der Waals surface area (Å²) >= 11 is 6.07. The van der Waals surface area contributed by atoms with Crippen LogP contribution in [0.4, 0.5) is 0 Å². The molecule has 0 aliphatic heterocycles. The van der Waals surface area contributed by atoms with Crippen LogP contribution in [-0.4, -0.2) is 25.0 Å². The Kier molecular flexibility index (Phi) is 3.45. The molecule has 0 aliphatic carbocycles. The van der Waals surface area contributed by atoms with Crippen molar-refractivity contribution in [2.24, 2.45) is 0 Å². The molecule has 0 fully saturated rings. The molecule has 1 aromatic carbocycles. The fourth-order valence-electron chi connectivity index (χ4n) is 1.88. The van der Waals surface area contributed by atoms with Crippen molar-refractivity contribution < 1.29 is 8.42 Å². The van der Waals surface area contributed by atoms with Crippen LogP contribution in [0, 0.1) is 0 Å². The molecule has 2 rings (SSSR count). The topological polar surface area (TPSA) is 39.1 Å². The molecule has 0 saturated carbocycles. The Morgan fingerprint density at radius 1 is 1.29 bits per heavy atom. The largest absolute Gasteiger partial charge is 0.347 e. The summed E-state index contributed by atoms with van der Waals surface area (Å²) in [5.41, 5.74) is 1.05. The Balaban J connectivity index is 2.17. The third-order valence-corrected chi connectivity index (χ3v) is 4.03. The molecule has 0 unspecified atom stereocenters. The van der Waals surface area contributed by atoms with Gasteiger partial charge in [0.1, 0.15) is 9.84 Å². The van der Waals surface area contributed by atoms with Gasteiger partial charge in [-0.1, -0.05) is 17.7 Å². The van der Waals surface area contributed by atoms with Crippen LogP contribution in [0.25, 0.3) is 10.9 Å². The SMILES string of the molecule is CS(=O)(=O)CCCn1ccc2c(Cl)cccc21. The molecular weight excluding hydrogens is 258 g/mol. The number of fused-ring (bicyclic) bond motifs is 1. The smallest absolute Gasteiger partial charge is 0.147 e. The van der Waals surface area contributed by atoms with Crippen LogP contribution in [0.5, 0.6) is 0 Å². The lowest BCUT2D eigenvalue weighted by atomic mass is 10.2. The summed E-state index contributed by atoms with van der Waals surface area (Å²) in [6.07, 6.45) is 3.82. The molecule has 0 aliphatic rings. The molecule has 1 heterocycles. The Morgan fingerprint density at radius 3 is 2.76 bits per heavy atom. The minimum atomic E-state index is -2.88. The fourth-order valence-corrected chi connectivity index (χ4v) is 2.76. The number of halogens is 1. The predicted molar refractivity (Wildman–Crippen MR) is 71.3 cm³/mol. The average molecular weight is 272 g/mol. The number of sulfone groups is 1. The standard InChI is InChI=1S/C12H14ClNO2S/c1-17(15,16)9-3-7-14-8-6-10-11(13)4-2-5-12(10)14/h2,4-6,8H,3,7,9H2,1H3. The Morgan fingerprint density at radius 2 is 2.06 bits per heavy atom. The predicted octanol–water partition coefficient (Wildman–Crippen LogP) is 2.73. The van der Waals surface area contributed by atoms with Gasteiger partial charge in [-0.05, 0) is 24.6 Å². The molecule has 0 atom stereocenters. The van der Waals surface area contributed by atoms with Gasteiger partial charge in [0.25, 0.3) is 0 Å². The monoisotopic (exact) mass is 271 g/mol. The third kappa shape index (κ3) is 3.01. The highest BCUT2D eigenvalue weighted by Gasteiger charge is 2.05. The molecule has 5 heteroatoms. The van der Waals surface area contributed by atoms with Gasteiger partial charge in [0.15, 0.2) is 0 Å². The summed E-state index contributed by atoms with van der Waals surface area (Å²) in [4.78, 5) is 0. The number of aromatic nitrogens is 1. The van der Waals surface area contributed by atoms with Gasteiger partial charge in [-0.15, -0.1) is 0 Å². The average Bonchev–Trinajstić information content (AvgIpc) is 2.61. The van der Waals surface area contributed by atoms with Crippen LogP contribution in [0.2, 0.25) is 5.02 Å². The molecule has 92 valence electrons. The van der Waals surface area contributed by atoms with Gasteiger partial charge in [-0.25, -0.2) is 8.42 Å². The van der Waals surface area contributed by atoms with E-state index < -0.39 is 9.84 Å². The van der Waals surface area contributed by atoms with Crippen molar-refractivity contribution in [2.45, 2.75) is 13.0 Å². The van der Waals surface area contributed by atoms with Gasteiger partial charge < -0.3 is 4.57 Å². The highest BCUT2D eigenvalue weighted by Crippen LogP contribution is 2.24. The number of hydrogen-bond acceptors (Lipinski definition) is 2. The van der Waals surface area contributed by atoms with Crippen molar-refractivity contribution in [1.82, 2.24) is 4.57 Å². The minimum Gasteiger partial charge on any atom is -0.347 e. The first-order chi connectivity index (χ1) is 7.97. The third-order valence-electron chi connectivity index (χ3n) is 2.67. The van der Waals surface area contributed by atoms with Crippen molar-refractivity contribution in [3.8, 4) is 0 Å². The second kappa shape index (κ2) is 4.70. The second-order valence-electron chi connectivity index (χ2n) is 4.17. The lowest BCUT2D eigenvalue weighted by molar-refractivity contribution is 0.593. The van der Waals surface area contributed by atoms with E-state index in [-0.39, 0.29) is 5.75 Å². The molecule has 1 aromatic heterocycles. The van der Waals surface area contributed by atoms with Gasteiger partial charge in [0, 0.05) is 34.9 Å². The van der Waals surface area contributed by atoms with E-state index in [4.69, 9.17) is 11.6 Å². The minimum absolute atomic E-state index is 0.216. The van der Waals surface area contributed by atoms with Gasteiger partial charge in [-0.3, -0.25) is 0 Å². The Labute approximate surface area is 106 Å². The summed E-state index contributed by atoms with van der Waals surface area (Å²) in [5.74, 6) is 0.216. The molecule has 17 heavy (non-hydrogen) atoms. The Hall–Kier alpha value is -1.00. The summed E-state index contributed by atoms with van der Waals surface area (Å²) < 4.78 is 24.1. The maximum atomic E-state index is 11.0. The van der Waals surface area contributed by atoms with E-state index in [1.807, 2.05) is 35.0 Å². The maximum absolute atomic E-state index is 11.0. The highest BCUT2D eigenvalue weighted by atomic mass is 35.5. The molecule has 0 bridgehead atoms. The van der Waals surface area contributed by atoms with E-state index in [1.54, 1.807) is 0 Å². The molecule has 0 N–H and O–H groups in total. The lowest BCUT2D eigenvalue weighted by Crippen LogP contribution is -2.06. The Bertz CT molecular complexity index is 631. The lowest BCUT2D eigenvalue weighted by Gasteiger charge is -2.05. The molecule has 0 spiro atoms. The summed E-state index contributed by atoms with van der Waals surface area (Å²) in [6, 6.07) is 7.70. The number of nitrogens with zero attached hydrogens (tertiary/aromatic N) is 1. The van der Waals surface area contributed by atoms with Crippen LogP contribution in [0.1, 0.15) is 6.42 Å². The van der Waals surface area contributed by atoms with E-state index in [0.29, 0.717) is 13.0 Å². The zero-order chi connectivity index (χ0) is 12.5. The number of rotatable bonds is 4. The van der Waals surface area contributed by atoms with Crippen molar-refractivity contribution in [2.75, 3.05) is 12.0 Å². The summed E-state index contributed by atoms with van der Waals surface area (Å²) in [6.45, 7) is 0.691. The van der Waals surface area contributed by atoms with Crippen LogP contribution >= 0.6 is 11.6 Å². The van der Waals surface area contributed by atoms with Gasteiger partial charge in [0.2, 0.25) is 0 Å². The molecule has 0 radical (unpaired) electrons.